The smallest absolute Gasteiger partial charge is 0.309 e. The molecule has 3 rings (SSSR count). The standard InChI is InChI=1S/C25H32FNO2/c1-5-21-16(3)13-23-24(17(4)29-25(23)28)22(21)12-11-20(27)10-9-15(2)18-7-6-8-19(26)14-18/h6-12,14,16-17,21-24H,5,13,27H2,1-4H3/b12-11+,15-9+,20-10-. The van der Waals surface area contributed by atoms with Gasteiger partial charge in [-0.3, -0.25) is 4.79 Å². The molecule has 4 heteroatoms. The summed E-state index contributed by atoms with van der Waals surface area (Å²) < 4.78 is 19.0. The van der Waals surface area contributed by atoms with Gasteiger partial charge in [-0.1, -0.05) is 44.6 Å². The van der Waals surface area contributed by atoms with Gasteiger partial charge < -0.3 is 10.5 Å². The minimum atomic E-state index is -0.249. The second kappa shape index (κ2) is 8.98. The summed E-state index contributed by atoms with van der Waals surface area (Å²) in [4.78, 5) is 12.3. The number of hydrogen-bond donors (Lipinski definition) is 1. The third kappa shape index (κ3) is 4.63. The summed E-state index contributed by atoms with van der Waals surface area (Å²) in [7, 11) is 0. The molecule has 2 aliphatic rings. The van der Waals surface area contributed by atoms with E-state index in [9.17, 15) is 9.18 Å². The van der Waals surface area contributed by atoms with E-state index in [1.807, 2.05) is 38.1 Å². The molecule has 1 saturated heterocycles. The van der Waals surface area contributed by atoms with Gasteiger partial charge in [-0.15, -0.1) is 0 Å². The molecule has 0 bridgehead atoms. The Hall–Kier alpha value is -2.36. The van der Waals surface area contributed by atoms with E-state index < -0.39 is 0 Å². The summed E-state index contributed by atoms with van der Waals surface area (Å²) >= 11 is 0. The van der Waals surface area contributed by atoms with Crippen molar-refractivity contribution in [2.24, 2.45) is 35.3 Å². The fraction of sp³-hybridized carbons (Fsp3) is 0.480. The van der Waals surface area contributed by atoms with Crippen molar-refractivity contribution in [3.05, 3.63) is 65.6 Å². The summed E-state index contributed by atoms with van der Waals surface area (Å²) in [6, 6.07) is 6.53. The van der Waals surface area contributed by atoms with Crippen LogP contribution in [0, 0.1) is 35.4 Å². The van der Waals surface area contributed by atoms with Gasteiger partial charge in [-0.25, -0.2) is 4.39 Å². The maximum absolute atomic E-state index is 13.4. The Bertz CT molecular complexity index is 841. The molecule has 6 unspecified atom stereocenters. The van der Waals surface area contributed by atoms with Crippen molar-refractivity contribution in [3.63, 3.8) is 0 Å². The van der Waals surface area contributed by atoms with Gasteiger partial charge >= 0.3 is 5.97 Å². The van der Waals surface area contributed by atoms with Crippen LogP contribution >= 0.6 is 0 Å². The number of hydrogen-bond acceptors (Lipinski definition) is 3. The summed E-state index contributed by atoms with van der Waals surface area (Å²) in [6.07, 6.45) is 9.82. The molecular formula is C25H32FNO2. The lowest BCUT2D eigenvalue weighted by molar-refractivity contribution is -0.144. The number of cyclic esters (lactones) is 1. The molecule has 156 valence electrons. The van der Waals surface area contributed by atoms with E-state index in [4.69, 9.17) is 10.5 Å². The van der Waals surface area contributed by atoms with Crippen LogP contribution < -0.4 is 5.73 Å². The molecule has 0 aromatic heterocycles. The van der Waals surface area contributed by atoms with Crippen molar-refractivity contribution >= 4 is 11.5 Å². The molecule has 1 heterocycles. The van der Waals surface area contributed by atoms with E-state index in [1.54, 1.807) is 6.07 Å². The predicted molar refractivity (Wildman–Crippen MR) is 115 cm³/mol. The molecule has 3 nitrogen and oxygen atoms in total. The highest BCUT2D eigenvalue weighted by Crippen LogP contribution is 2.50. The van der Waals surface area contributed by atoms with E-state index in [0.29, 0.717) is 17.5 Å². The molecule has 2 N–H and O–H groups in total. The summed E-state index contributed by atoms with van der Waals surface area (Å²) in [5.41, 5.74) is 8.65. The first-order valence-electron chi connectivity index (χ1n) is 10.6. The van der Waals surface area contributed by atoms with Crippen LogP contribution in [0.3, 0.4) is 0 Å². The highest BCUT2D eigenvalue weighted by Gasteiger charge is 2.52. The predicted octanol–water partition coefficient (Wildman–Crippen LogP) is 5.49. The highest BCUT2D eigenvalue weighted by molar-refractivity contribution is 5.75. The zero-order chi connectivity index (χ0) is 21.1. The van der Waals surface area contributed by atoms with Gasteiger partial charge in [0.15, 0.2) is 0 Å². The Morgan fingerprint density at radius 2 is 2.07 bits per heavy atom. The molecule has 2 fully saturated rings. The molecule has 1 aromatic rings. The zero-order valence-electron chi connectivity index (χ0n) is 17.8. The topological polar surface area (TPSA) is 52.3 Å². The van der Waals surface area contributed by atoms with E-state index in [0.717, 1.165) is 24.0 Å². The SMILES string of the molecule is CCC1C(C)CC2C(=O)OC(C)C2C1/C=C/C(N)=C/C=C(\C)c1cccc(F)c1. The van der Waals surface area contributed by atoms with Gasteiger partial charge in [-0.2, -0.15) is 0 Å². The second-order valence-electron chi connectivity index (χ2n) is 8.57. The van der Waals surface area contributed by atoms with E-state index in [1.165, 1.54) is 12.1 Å². The Balaban J connectivity index is 1.79. The Morgan fingerprint density at radius 1 is 1.31 bits per heavy atom. The number of allylic oxidation sites excluding steroid dienone is 5. The third-order valence-corrected chi connectivity index (χ3v) is 6.69. The van der Waals surface area contributed by atoms with Crippen LogP contribution in [0.4, 0.5) is 4.39 Å². The molecule has 6 atom stereocenters. The van der Waals surface area contributed by atoms with Gasteiger partial charge in [0.1, 0.15) is 11.9 Å². The summed E-state index contributed by atoms with van der Waals surface area (Å²) in [5, 5.41) is 0. The minimum absolute atomic E-state index is 0.00206. The molecule has 0 amide bonds. The van der Waals surface area contributed by atoms with Crippen molar-refractivity contribution in [3.8, 4) is 0 Å². The first-order chi connectivity index (χ1) is 13.8. The number of nitrogens with two attached hydrogens (primary N) is 1. The van der Waals surface area contributed by atoms with Crippen LogP contribution in [0.1, 0.15) is 46.1 Å². The lowest BCUT2D eigenvalue weighted by Crippen LogP contribution is -2.40. The molecule has 29 heavy (non-hydrogen) atoms. The number of esters is 1. The zero-order valence-corrected chi connectivity index (χ0v) is 17.8. The van der Waals surface area contributed by atoms with E-state index in [-0.39, 0.29) is 35.6 Å². The number of carbonyl (C=O) groups excluding carboxylic acids is 1. The minimum Gasteiger partial charge on any atom is -0.462 e. The first-order valence-corrected chi connectivity index (χ1v) is 10.6. The van der Waals surface area contributed by atoms with Crippen LogP contribution in [0.2, 0.25) is 0 Å². The van der Waals surface area contributed by atoms with Crippen LogP contribution in [0.15, 0.2) is 54.3 Å². The van der Waals surface area contributed by atoms with Crippen molar-refractivity contribution < 1.29 is 13.9 Å². The quantitative estimate of drug-likeness (QED) is 0.528. The average molecular weight is 398 g/mol. The van der Waals surface area contributed by atoms with E-state index in [2.05, 4.69) is 19.9 Å². The van der Waals surface area contributed by atoms with Crippen molar-refractivity contribution in [1.82, 2.24) is 0 Å². The number of rotatable bonds is 5. The normalized spacial score (nSPS) is 33.1. The van der Waals surface area contributed by atoms with Crippen molar-refractivity contribution in [2.45, 2.75) is 46.6 Å². The van der Waals surface area contributed by atoms with Crippen molar-refractivity contribution in [2.75, 3.05) is 0 Å². The van der Waals surface area contributed by atoms with Crippen molar-refractivity contribution in [1.29, 1.82) is 0 Å². The lowest BCUT2D eigenvalue weighted by atomic mass is 9.61. The summed E-state index contributed by atoms with van der Waals surface area (Å²) in [5.74, 6) is 1.20. The first kappa shape index (κ1) is 21.4. The maximum Gasteiger partial charge on any atom is 0.309 e. The molecule has 0 radical (unpaired) electrons. The third-order valence-electron chi connectivity index (χ3n) is 6.69. The molecule has 1 aliphatic heterocycles. The molecular weight excluding hydrogens is 365 g/mol. The number of ether oxygens (including phenoxy) is 1. The van der Waals surface area contributed by atoms with Crippen LogP contribution in [-0.2, 0) is 9.53 Å². The summed E-state index contributed by atoms with van der Waals surface area (Å²) in [6.45, 7) is 8.41. The monoisotopic (exact) mass is 397 g/mol. The van der Waals surface area contributed by atoms with Gasteiger partial charge in [0.05, 0.1) is 5.92 Å². The highest BCUT2D eigenvalue weighted by atomic mass is 19.1. The average Bonchev–Trinajstić information content (AvgIpc) is 2.97. The fourth-order valence-electron chi connectivity index (χ4n) is 5.18. The molecule has 1 aliphatic carbocycles. The van der Waals surface area contributed by atoms with Gasteiger partial charge in [0.25, 0.3) is 0 Å². The van der Waals surface area contributed by atoms with E-state index >= 15 is 0 Å². The van der Waals surface area contributed by atoms with Crippen LogP contribution in [0.5, 0.6) is 0 Å². The number of carbonyl (C=O) groups is 1. The molecule has 1 aromatic carbocycles. The number of fused-ring (bicyclic) bond motifs is 1. The number of halogens is 1. The largest absolute Gasteiger partial charge is 0.462 e. The molecule has 0 spiro atoms. The molecule has 1 saturated carbocycles. The Labute approximate surface area is 173 Å². The maximum atomic E-state index is 13.4. The van der Waals surface area contributed by atoms with Crippen LogP contribution in [0.25, 0.3) is 5.57 Å². The Morgan fingerprint density at radius 3 is 2.76 bits per heavy atom. The fourth-order valence-corrected chi connectivity index (χ4v) is 5.18. The second-order valence-corrected chi connectivity index (χ2v) is 8.57. The number of benzene rings is 1. The lowest BCUT2D eigenvalue weighted by Gasteiger charge is -2.41. The van der Waals surface area contributed by atoms with Gasteiger partial charge in [0.2, 0.25) is 0 Å². The van der Waals surface area contributed by atoms with Gasteiger partial charge in [0, 0.05) is 11.6 Å². The van der Waals surface area contributed by atoms with Gasteiger partial charge in [-0.05, 0) is 73.4 Å². The Kier molecular flexibility index (Phi) is 6.61. The van der Waals surface area contributed by atoms with Crippen LogP contribution in [-0.4, -0.2) is 12.1 Å².